The van der Waals surface area contributed by atoms with Crippen molar-refractivity contribution in [2.24, 2.45) is 23.2 Å². The Balaban J connectivity index is 1.96. The van der Waals surface area contributed by atoms with E-state index < -0.39 is 5.79 Å². The maximum Gasteiger partial charge on any atom is 0.311 e. The molecule has 4 nitrogen and oxygen atoms in total. The predicted molar refractivity (Wildman–Crippen MR) is 69.4 cm³/mol. The second-order valence-electron chi connectivity index (χ2n) is 6.68. The molecule has 1 aliphatic heterocycles. The van der Waals surface area contributed by atoms with Crippen LogP contribution >= 0.6 is 0 Å². The number of hydrogen-bond donors (Lipinski definition) is 0. The van der Waals surface area contributed by atoms with Crippen molar-refractivity contribution in [2.45, 2.75) is 45.3 Å². The molecule has 19 heavy (non-hydrogen) atoms. The van der Waals surface area contributed by atoms with Crippen LogP contribution in [0.25, 0.3) is 0 Å². The van der Waals surface area contributed by atoms with Gasteiger partial charge < -0.3 is 14.2 Å². The fourth-order valence-electron chi connectivity index (χ4n) is 4.51. The Morgan fingerprint density at radius 2 is 1.89 bits per heavy atom. The fourth-order valence-corrected chi connectivity index (χ4v) is 4.51. The quantitative estimate of drug-likeness (QED) is 0.685. The van der Waals surface area contributed by atoms with Gasteiger partial charge in [-0.15, -0.1) is 0 Å². The number of methoxy groups -OCH3 is 1. The minimum absolute atomic E-state index is 0.0653. The first-order chi connectivity index (χ1) is 9.02. The summed E-state index contributed by atoms with van der Waals surface area (Å²) in [6.45, 7) is 5.70. The van der Waals surface area contributed by atoms with E-state index in [1.54, 1.807) is 0 Å². The van der Waals surface area contributed by atoms with E-state index in [-0.39, 0.29) is 11.4 Å². The fraction of sp³-hybridized carbons (Fsp3) is 0.933. The van der Waals surface area contributed by atoms with E-state index in [1.165, 1.54) is 7.11 Å². The standard InChI is InChI=1S/C15H24O4/c1-10-4-5-11-8-15(18-6-7-19-15)12(10)9-14(11,2)13(16)17-3/h10-12H,4-9H2,1-3H3/t10-,11-,12+,14+/m1/s1. The van der Waals surface area contributed by atoms with Crippen LogP contribution in [0.3, 0.4) is 0 Å². The molecule has 4 fully saturated rings. The summed E-state index contributed by atoms with van der Waals surface area (Å²) in [5, 5.41) is 0. The third-order valence-corrected chi connectivity index (χ3v) is 5.73. The van der Waals surface area contributed by atoms with E-state index in [4.69, 9.17) is 14.2 Å². The molecule has 1 spiro atoms. The number of rotatable bonds is 1. The predicted octanol–water partition coefficient (Wildman–Crippen LogP) is 2.36. The lowest BCUT2D eigenvalue weighted by Crippen LogP contribution is -2.53. The van der Waals surface area contributed by atoms with Crippen LogP contribution in [-0.2, 0) is 19.0 Å². The SMILES string of the molecule is COC(=O)[C@@]1(C)C[C@H]2[C@H](C)CC[C@@H]1CC21OCCO1. The molecule has 0 aromatic heterocycles. The van der Waals surface area contributed by atoms with Crippen LogP contribution in [0.1, 0.15) is 39.5 Å². The van der Waals surface area contributed by atoms with Crippen LogP contribution in [0.2, 0.25) is 0 Å². The van der Waals surface area contributed by atoms with E-state index in [1.807, 2.05) is 0 Å². The molecule has 2 bridgehead atoms. The first kappa shape index (κ1) is 13.4. The van der Waals surface area contributed by atoms with Crippen LogP contribution in [0.15, 0.2) is 0 Å². The smallest absolute Gasteiger partial charge is 0.311 e. The van der Waals surface area contributed by atoms with Gasteiger partial charge in [-0.2, -0.15) is 0 Å². The number of carbonyl (C=O) groups excluding carboxylic acids is 1. The molecule has 4 aliphatic rings. The lowest BCUT2D eigenvalue weighted by atomic mass is 9.61. The van der Waals surface area contributed by atoms with E-state index >= 15 is 0 Å². The molecule has 0 N–H and O–H groups in total. The van der Waals surface area contributed by atoms with E-state index in [2.05, 4.69) is 13.8 Å². The topological polar surface area (TPSA) is 44.8 Å². The van der Waals surface area contributed by atoms with Gasteiger partial charge in [0, 0.05) is 12.3 Å². The van der Waals surface area contributed by atoms with Gasteiger partial charge in [0.15, 0.2) is 5.79 Å². The Kier molecular flexibility index (Phi) is 3.13. The highest BCUT2D eigenvalue weighted by Gasteiger charge is 2.61. The summed E-state index contributed by atoms with van der Waals surface area (Å²) in [7, 11) is 1.49. The Hall–Kier alpha value is -0.610. The van der Waals surface area contributed by atoms with Gasteiger partial charge in [0.05, 0.1) is 25.7 Å². The molecule has 4 heteroatoms. The molecule has 1 heterocycles. The number of carbonyl (C=O) groups is 1. The summed E-state index contributed by atoms with van der Waals surface area (Å²) in [6.07, 6.45) is 3.88. The number of fused-ring (bicyclic) bond motifs is 3. The van der Waals surface area contributed by atoms with Crippen molar-refractivity contribution in [1.82, 2.24) is 0 Å². The average Bonchev–Trinajstić information content (AvgIpc) is 2.77. The molecular weight excluding hydrogens is 244 g/mol. The molecule has 3 aliphatic carbocycles. The largest absolute Gasteiger partial charge is 0.469 e. The van der Waals surface area contributed by atoms with Crippen molar-refractivity contribution >= 4 is 5.97 Å². The number of hydrogen-bond acceptors (Lipinski definition) is 4. The van der Waals surface area contributed by atoms with Crippen molar-refractivity contribution in [3.05, 3.63) is 0 Å². The normalized spacial score (nSPS) is 44.3. The van der Waals surface area contributed by atoms with E-state index in [0.717, 1.165) is 25.7 Å². The molecule has 0 amide bonds. The van der Waals surface area contributed by atoms with Crippen molar-refractivity contribution in [3.8, 4) is 0 Å². The molecule has 3 saturated carbocycles. The van der Waals surface area contributed by atoms with Gasteiger partial charge in [-0.05, 0) is 38.0 Å². The molecule has 4 rings (SSSR count). The maximum absolute atomic E-state index is 12.2. The molecule has 1 saturated heterocycles. The van der Waals surface area contributed by atoms with Crippen LogP contribution in [0.4, 0.5) is 0 Å². The third-order valence-electron chi connectivity index (χ3n) is 5.73. The van der Waals surface area contributed by atoms with Gasteiger partial charge in [-0.3, -0.25) is 4.79 Å². The van der Waals surface area contributed by atoms with Crippen molar-refractivity contribution in [2.75, 3.05) is 20.3 Å². The van der Waals surface area contributed by atoms with Gasteiger partial charge in [-0.1, -0.05) is 6.92 Å². The van der Waals surface area contributed by atoms with Gasteiger partial charge in [-0.25, -0.2) is 0 Å². The highest BCUT2D eigenvalue weighted by molar-refractivity contribution is 5.77. The summed E-state index contributed by atoms with van der Waals surface area (Å²) in [5.74, 6) is 0.657. The highest BCUT2D eigenvalue weighted by Crippen LogP contribution is 2.58. The van der Waals surface area contributed by atoms with Crippen molar-refractivity contribution in [3.63, 3.8) is 0 Å². The minimum atomic E-state index is -0.423. The summed E-state index contributed by atoms with van der Waals surface area (Å²) in [5.41, 5.74) is -0.370. The van der Waals surface area contributed by atoms with Crippen molar-refractivity contribution < 1.29 is 19.0 Å². The molecule has 0 aromatic rings. The van der Waals surface area contributed by atoms with Gasteiger partial charge >= 0.3 is 5.97 Å². The van der Waals surface area contributed by atoms with E-state index in [9.17, 15) is 4.79 Å². The van der Waals surface area contributed by atoms with Gasteiger partial charge in [0.2, 0.25) is 0 Å². The Morgan fingerprint density at radius 1 is 1.21 bits per heavy atom. The average molecular weight is 268 g/mol. The Labute approximate surface area is 114 Å². The first-order valence-electron chi connectivity index (χ1n) is 7.38. The molecular formula is C15H24O4. The lowest BCUT2D eigenvalue weighted by Gasteiger charge is -2.49. The van der Waals surface area contributed by atoms with Crippen LogP contribution < -0.4 is 0 Å². The molecule has 0 radical (unpaired) electrons. The van der Waals surface area contributed by atoms with Crippen LogP contribution in [0.5, 0.6) is 0 Å². The lowest BCUT2D eigenvalue weighted by molar-refractivity contribution is -0.245. The summed E-state index contributed by atoms with van der Waals surface area (Å²) < 4.78 is 17.1. The van der Waals surface area contributed by atoms with Crippen LogP contribution in [0, 0.1) is 23.2 Å². The number of ether oxygens (including phenoxy) is 3. The molecule has 108 valence electrons. The number of esters is 1. The molecule has 0 aromatic carbocycles. The van der Waals surface area contributed by atoms with Gasteiger partial charge in [0.25, 0.3) is 0 Å². The summed E-state index contributed by atoms with van der Waals surface area (Å²) in [4.78, 5) is 12.2. The molecule has 0 unspecified atom stereocenters. The van der Waals surface area contributed by atoms with Crippen molar-refractivity contribution in [1.29, 1.82) is 0 Å². The Morgan fingerprint density at radius 3 is 2.53 bits per heavy atom. The monoisotopic (exact) mass is 268 g/mol. The Bertz CT molecular complexity index is 374. The van der Waals surface area contributed by atoms with Crippen LogP contribution in [-0.4, -0.2) is 32.1 Å². The zero-order valence-corrected chi connectivity index (χ0v) is 12.1. The van der Waals surface area contributed by atoms with E-state index in [0.29, 0.717) is 31.0 Å². The minimum Gasteiger partial charge on any atom is -0.469 e. The second kappa shape index (κ2) is 4.45. The second-order valence-corrected chi connectivity index (χ2v) is 6.68. The highest BCUT2D eigenvalue weighted by atomic mass is 16.7. The zero-order valence-electron chi connectivity index (χ0n) is 12.1. The zero-order chi connectivity index (χ0) is 13.7. The van der Waals surface area contributed by atoms with Gasteiger partial charge in [0.1, 0.15) is 0 Å². The summed E-state index contributed by atoms with van der Waals surface area (Å²) in [6, 6.07) is 0. The first-order valence-corrected chi connectivity index (χ1v) is 7.38. The summed E-state index contributed by atoms with van der Waals surface area (Å²) >= 11 is 0. The molecule has 4 atom stereocenters. The maximum atomic E-state index is 12.2. The third kappa shape index (κ3) is 1.83.